The molecule has 1 atom stereocenters. The Hall–Kier alpha value is -1.13. The Bertz CT molecular complexity index is 412. The van der Waals surface area contributed by atoms with Crippen molar-refractivity contribution >= 4 is 5.69 Å². The van der Waals surface area contributed by atoms with Gasteiger partial charge in [0.15, 0.2) is 0 Å². The minimum Gasteiger partial charge on any atom is -0.396 e. The summed E-state index contributed by atoms with van der Waals surface area (Å²) in [6, 6.07) is 5.43. The number of rotatable bonds is 10. The normalized spacial score (nSPS) is 12.4. The maximum absolute atomic E-state index is 14.2. The third kappa shape index (κ3) is 5.64. The summed E-state index contributed by atoms with van der Waals surface area (Å²) in [5.74, 6) is -0.165. The molecular weight excluding hydrogens is 267 g/mol. The number of aliphatic hydroxyl groups excluding tert-OH is 1. The minimum absolute atomic E-state index is 0.135. The van der Waals surface area contributed by atoms with Gasteiger partial charge in [-0.1, -0.05) is 19.1 Å². The second kappa shape index (κ2) is 9.74. The van der Waals surface area contributed by atoms with Crippen LogP contribution in [-0.2, 0) is 0 Å². The average molecular weight is 296 g/mol. The van der Waals surface area contributed by atoms with Crippen molar-refractivity contribution in [2.45, 2.75) is 45.6 Å². The van der Waals surface area contributed by atoms with Gasteiger partial charge in [0.05, 0.1) is 5.69 Å². The van der Waals surface area contributed by atoms with Crippen LogP contribution in [0.1, 0.15) is 51.1 Å². The Morgan fingerprint density at radius 1 is 1.29 bits per heavy atom. The van der Waals surface area contributed by atoms with Gasteiger partial charge in [0.2, 0.25) is 0 Å². The largest absolute Gasteiger partial charge is 0.396 e. The van der Waals surface area contributed by atoms with E-state index in [0.29, 0.717) is 5.69 Å². The lowest BCUT2D eigenvalue weighted by Gasteiger charge is -2.26. The van der Waals surface area contributed by atoms with Crippen LogP contribution in [0.4, 0.5) is 10.1 Å². The van der Waals surface area contributed by atoms with Crippen molar-refractivity contribution in [2.75, 3.05) is 31.6 Å². The third-order valence-corrected chi connectivity index (χ3v) is 3.72. The van der Waals surface area contributed by atoms with E-state index in [1.165, 1.54) is 6.07 Å². The highest BCUT2D eigenvalue weighted by Gasteiger charge is 2.16. The van der Waals surface area contributed by atoms with E-state index in [4.69, 9.17) is 5.11 Å². The van der Waals surface area contributed by atoms with Gasteiger partial charge >= 0.3 is 0 Å². The molecule has 0 aliphatic carbocycles. The second-order valence-electron chi connectivity index (χ2n) is 5.56. The van der Waals surface area contributed by atoms with Crippen LogP contribution in [0, 0.1) is 5.82 Å². The van der Waals surface area contributed by atoms with Crippen molar-refractivity contribution in [3.05, 3.63) is 29.6 Å². The molecule has 0 heterocycles. The zero-order chi connectivity index (χ0) is 15.7. The Balaban J connectivity index is 2.78. The molecule has 0 bridgehead atoms. The van der Waals surface area contributed by atoms with E-state index < -0.39 is 0 Å². The quantitative estimate of drug-likeness (QED) is 0.649. The first-order chi connectivity index (χ1) is 10.1. The van der Waals surface area contributed by atoms with E-state index in [0.717, 1.165) is 44.3 Å². The maximum atomic E-state index is 14.2. The number of para-hydroxylation sites is 1. The number of hydrogen-bond acceptors (Lipinski definition) is 3. The topological polar surface area (TPSA) is 35.5 Å². The molecule has 1 aromatic rings. The van der Waals surface area contributed by atoms with Crippen molar-refractivity contribution in [2.24, 2.45) is 0 Å². The smallest absolute Gasteiger partial charge is 0.146 e. The summed E-state index contributed by atoms with van der Waals surface area (Å²) in [4.78, 5) is 1.99. The molecule has 0 fully saturated rings. The predicted molar refractivity (Wildman–Crippen MR) is 87.3 cm³/mol. The van der Waals surface area contributed by atoms with Crippen LogP contribution in [0.15, 0.2) is 18.2 Å². The molecule has 21 heavy (non-hydrogen) atoms. The summed E-state index contributed by atoms with van der Waals surface area (Å²) in [6.07, 6.45) is 3.80. The molecule has 1 rings (SSSR count). The summed E-state index contributed by atoms with van der Waals surface area (Å²) < 4.78 is 14.2. The van der Waals surface area contributed by atoms with E-state index in [1.54, 1.807) is 6.07 Å². The van der Waals surface area contributed by atoms with Gasteiger partial charge < -0.3 is 15.3 Å². The molecule has 0 radical (unpaired) electrons. The van der Waals surface area contributed by atoms with Gasteiger partial charge in [0.25, 0.3) is 0 Å². The monoisotopic (exact) mass is 296 g/mol. The first-order valence-corrected chi connectivity index (χ1v) is 7.95. The van der Waals surface area contributed by atoms with Crippen molar-refractivity contribution in [3.8, 4) is 0 Å². The van der Waals surface area contributed by atoms with Gasteiger partial charge in [-0.2, -0.15) is 0 Å². The number of hydrogen-bond donors (Lipinski definition) is 2. The third-order valence-electron chi connectivity index (χ3n) is 3.72. The average Bonchev–Trinajstić information content (AvgIpc) is 2.48. The molecule has 4 heteroatoms. The number of halogens is 1. The molecule has 0 saturated carbocycles. The Morgan fingerprint density at radius 3 is 2.71 bits per heavy atom. The summed E-state index contributed by atoms with van der Waals surface area (Å²) >= 11 is 0. The van der Waals surface area contributed by atoms with Crippen molar-refractivity contribution in [1.29, 1.82) is 0 Å². The fourth-order valence-corrected chi connectivity index (χ4v) is 2.50. The highest BCUT2D eigenvalue weighted by atomic mass is 19.1. The molecule has 0 spiro atoms. The Kier molecular flexibility index (Phi) is 8.31. The van der Waals surface area contributed by atoms with Gasteiger partial charge in [-0.15, -0.1) is 0 Å². The number of anilines is 1. The number of unbranched alkanes of at least 4 members (excludes halogenated alkanes) is 2. The Labute approximate surface area is 128 Å². The van der Waals surface area contributed by atoms with Crippen LogP contribution in [-0.4, -0.2) is 31.9 Å². The van der Waals surface area contributed by atoms with E-state index in [2.05, 4.69) is 19.2 Å². The second-order valence-corrected chi connectivity index (χ2v) is 5.56. The molecular formula is C17H29FN2O. The molecule has 3 nitrogen and oxygen atoms in total. The summed E-state index contributed by atoms with van der Waals surface area (Å²) in [7, 11) is 1.94. The molecule has 0 amide bonds. The zero-order valence-corrected chi connectivity index (χ0v) is 13.5. The van der Waals surface area contributed by atoms with Crippen molar-refractivity contribution in [1.82, 2.24) is 5.32 Å². The van der Waals surface area contributed by atoms with Gasteiger partial charge in [-0.25, -0.2) is 4.39 Å². The summed E-state index contributed by atoms with van der Waals surface area (Å²) in [6.45, 7) is 6.16. The molecule has 2 N–H and O–H groups in total. The SMILES string of the molecule is CCCNC(C)c1cccc(F)c1N(C)CCCCCO. The molecule has 1 unspecified atom stereocenters. The lowest BCUT2D eigenvalue weighted by atomic mass is 10.0. The highest BCUT2D eigenvalue weighted by Crippen LogP contribution is 2.29. The van der Waals surface area contributed by atoms with E-state index in [-0.39, 0.29) is 18.5 Å². The van der Waals surface area contributed by atoms with Gasteiger partial charge in [0.1, 0.15) is 5.82 Å². The van der Waals surface area contributed by atoms with Crippen molar-refractivity contribution in [3.63, 3.8) is 0 Å². The first-order valence-electron chi connectivity index (χ1n) is 7.95. The van der Waals surface area contributed by atoms with Gasteiger partial charge in [0, 0.05) is 26.2 Å². The van der Waals surface area contributed by atoms with E-state index in [9.17, 15) is 4.39 Å². The summed E-state index contributed by atoms with van der Waals surface area (Å²) in [5, 5.41) is 12.2. The molecule has 0 aromatic heterocycles. The minimum atomic E-state index is -0.165. The fourth-order valence-electron chi connectivity index (χ4n) is 2.50. The highest BCUT2D eigenvalue weighted by molar-refractivity contribution is 5.55. The zero-order valence-electron chi connectivity index (χ0n) is 13.5. The number of nitrogens with zero attached hydrogens (tertiary/aromatic N) is 1. The number of aliphatic hydroxyl groups is 1. The van der Waals surface area contributed by atoms with E-state index >= 15 is 0 Å². The molecule has 120 valence electrons. The van der Waals surface area contributed by atoms with Crippen LogP contribution in [0.2, 0.25) is 0 Å². The van der Waals surface area contributed by atoms with Crippen LogP contribution < -0.4 is 10.2 Å². The lowest BCUT2D eigenvalue weighted by Crippen LogP contribution is -2.26. The van der Waals surface area contributed by atoms with E-state index in [1.807, 2.05) is 18.0 Å². The predicted octanol–water partition coefficient (Wildman–Crippen LogP) is 3.49. The van der Waals surface area contributed by atoms with Crippen LogP contribution in [0.3, 0.4) is 0 Å². The molecule has 1 aromatic carbocycles. The Morgan fingerprint density at radius 2 is 2.05 bits per heavy atom. The fraction of sp³-hybridized carbons (Fsp3) is 0.647. The van der Waals surface area contributed by atoms with Gasteiger partial charge in [-0.3, -0.25) is 0 Å². The van der Waals surface area contributed by atoms with Crippen molar-refractivity contribution < 1.29 is 9.50 Å². The van der Waals surface area contributed by atoms with Crippen LogP contribution in [0.25, 0.3) is 0 Å². The molecule has 0 aliphatic rings. The molecule has 0 saturated heterocycles. The lowest BCUT2D eigenvalue weighted by molar-refractivity contribution is 0.283. The van der Waals surface area contributed by atoms with Crippen LogP contribution in [0.5, 0.6) is 0 Å². The first kappa shape index (κ1) is 17.9. The summed E-state index contributed by atoms with van der Waals surface area (Å²) in [5.41, 5.74) is 1.70. The maximum Gasteiger partial charge on any atom is 0.146 e. The van der Waals surface area contributed by atoms with Gasteiger partial charge in [-0.05, 0) is 50.8 Å². The number of benzene rings is 1. The standard InChI is InChI=1S/C17H29FN2O/c1-4-11-19-14(2)15-9-8-10-16(18)17(15)20(3)12-6-5-7-13-21/h8-10,14,19,21H,4-7,11-13H2,1-3H3. The van der Waals surface area contributed by atoms with Crippen LogP contribution >= 0.6 is 0 Å². The number of nitrogens with one attached hydrogen (secondary N) is 1. The molecule has 0 aliphatic heterocycles.